The van der Waals surface area contributed by atoms with Crippen molar-refractivity contribution in [1.82, 2.24) is 0 Å². The van der Waals surface area contributed by atoms with Crippen LogP contribution in [0.5, 0.6) is 0 Å². The van der Waals surface area contributed by atoms with Gasteiger partial charge in [0.2, 0.25) is 15.9 Å². The first-order valence-corrected chi connectivity index (χ1v) is 7.44. The minimum atomic E-state index is -4.02. The Labute approximate surface area is 117 Å². The van der Waals surface area contributed by atoms with Gasteiger partial charge >= 0.3 is 0 Å². The Balaban J connectivity index is 2.71. The lowest BCUT2D eigenvalue weighted by Crippen LogP contribution is -2.15. The molecule has 0 heterocycles. The van der Waals surface area contributed by atoms with Gasteiger partial charge in [-0.25, -0.2) is 17.9 Å². The molecule has 5 nitrogen and oxygen atoms in total. The van der Waals surface area contributed by atoms with Crippen molar-refractivity contribution in [2.24, 2.45) is 5.14 Å². The van der Waals surface area contributed by atoms with Gasteiger partial charge in [0.25, 0.3) is 0 Å². The lowest BCUT2D eigenvalue weighted by molar-refractivity contribution is -0.116. The molecule has 0 unspecified atom stereocenters. The Morgan fingerprint density at radius 2 is 2.05 bits per heavy atom. The number of halogens is 1. The minimum Gasteiger partial charge on any atom is -0.326 e. The van der Waals surface area contributed by atoms with Crippen LogP contribution in [-0.4, -0.2) is 14.3 Å². The predicted octanol–water partition coefficient (Wildman–Crippen LogP) is 1.61. The predicted molar refractivity (Wildman–Crippen MR) is 73.7 cm³/mol. The second-order valence-electron chi connectivity index (χ2n) is 4.18. The number of benzene rings is 1. The van der Waals surface area contributed by atoms with Crippen LogP contribution >= 0.6 is 0 Å². The zero-order valence-corrected chi connectivity index (χ0v) is 11.5. The smallest absolute Gasteiger partial charge is 0.238 e. The monoisotopic (exact) mass is 298 g/mol. The second kappa shape index (κ2) is 7.03. The molecular weight excluding hydrogens is 283 g/mol. The SMILES string of the molecule is C#CCCCCC(=O)Nc1cc(F)cc(S(N)(=O)=O)c1. The number of sulfonamides is 1. The molecule has 0 aromatic heterocycles. The summed E-state index contributed by atoms with van der Waals surface area (Å²) in [5.41, 5.74) is 0.0518. The van der Waals surface area contributed by atoms with Crippen LogP contribution < -0.4 is 10.5 Å². The third kappa shape index (κ3) is 5.38. The molecule has 1 aromatic rings. The number of rotatable bonds is 6. The van der Waals surface area contributed by atoms with Gasteiger partial charge in [-0.2, -0.15) is 0 Å². The summed E-state index contributed by atoms with van der Waals surface area (Å²) < 4.78 is 35.6. The lowest BCUT2D eigenvalue weighted by atomic mass is 10.2. The summed E-state index contributed by atoms with van der Waals surface area (Å²) >= 11 is 0. The number of unbranched alkanes of at least 4 members (excludes halogenated alkanes) is 2. The van der Waals surface area contributed by atoms with E-state index in [9.17, 15) is 17.6 Å². The summed E-state index contributed by atoms with van der Waals surface area (Å²) in [6.07, 6.45) is 7.22. The molecule has 0 saturated heterocycles. The van der Waals surface area contributed by atoms with Gasteiger partial charge in [-0.3, -0.25) is 4.79 Å². The molecule has 0 fully saturated rings. The largest absolute Gasteiger partial charge is 0.326 e. The molecule has 0 aliphatic carbocycles. The van der Waals surface area contributed by atoms with Crippen LogP contribution in [0.25, 0.3) is 0 Å². The van der Waals surface area contributed by atoms with E-state index in [1.54, 1.807) is 0 Å². The number of carbonyl (C=O) groups is 1. The van der Waals surface area contributed by atoms with Crippen LogP contribution in [0.15, 0.2) is 23.1 Å². The van der Waals surface area contributed by atoms with Gasteiger partial charge in [-0.1, -0.05) is 0 Å². The van der Waals surface area contributed by atoms with E-state index in [1.165, 1.54) is 0 Å². The summed E-state index contributed by atoms with van der Waals surface area (Å²) in [4.78, 5) is 11.2. The van der Waals surface area contributed by atoms with Gasteiger partial charge in [0.1, 0.15) is 5.82 Å². The molecular formula is C13H15FN2O3S. The zero-order chi connectivity index (χ0) is 15.2. The molecule has 0 aliphatic rings. The number of anilines is 1. The molecule has 1 amide bonds. The number of terminal acetylenes is 1. The highest BCUT2D eigenvalue weighted by Crippen LogP contribution is 2.17. The van der Waals surface area contributed by atoms with Crippen molar-refractivity contribution in [3.63, 3.8) is 0 Å². The number of primary sulfonamides is 1. The molecule has 7 heteroatoms. The first kappa shape index (κ1) is 16.1. The van der Waals surface area contributed by atoms with Crippen molar-refractivity contribution < 1.29 is 17.6 Å². The van der Waals surface area contributed by atoms with Crippen molar-refractivity contribution >= 4 is 21.6 Å². The Kier molecular flexibility index (Phi) is 5.67. The number of nitrogens with two attached hydrogens (primary N) is 1. The van der Waals surface area contributed by atoms with Crippen molar-refractivity contribution in [2.45, 2.75) is 30.6 Å². The number of nitrogens with one attached hydrogen (secondary N) is 1. The van der Waals surface area contributed by atoms with Crippen molar-refractivity contribution in [1.29, 1.82) is 0 Å². The summed E-state index contributed by atoms with van der Waals surface area (Å²) in [7, 11) is -4.02. The molecule has 1 aromatic carbocycles. The van der Waals surface area contributed by atoms with Gasteiger partial charge in [0.05, 0.1) is 4.90 Å². The van der Waals surface area contributed by atoms with Crippen LogP contribution in [-0.2, 0) is 14.8 Å². The van der Waals surface area contributed by atoms with Crippen LogP contribution in [0.3, 0.4) is 0 Å². The number of amides is 1. The maximum atomic E-state index is 13.3. The van der Waals surface area contributed by atoms with Crippen molar-refractivity contribution in [2.75, 3.05) is 5.32 Å². The molecule has 20 heavy (non-hydrogen) atoms. The van der Waals surface area contributed by atoms with Gasteiger partial charge in [-0.15, -0.1) is 12.3 Å². The molecule has 0 radical (unpaired) electrons. The topological polar surface area (TPSA) is 89.3 Å². The highest BCUT2D eigenvalue weighted by atomic mass is 32.2. The molecule has 1 rings (SSSR count). The van der Waals surface area contributed by atoms with Crippen LogP contribution in [0, 0.1) is 18.2 Å². The van der Waals surface area contributed by atoms with E-state index in [1.807, 2.05) is 0 Å². The Morgan fingerprint density at radius 1 is 1.35 bits per heavy atom. The average Bonchev–Trinajstić information content (AvgIpc) is 2.33. The van der Waals surface area contributed by atoms with E-state index in [2.05, 4.69) is 11.2 Å². The molecule has 0 spiro atoms. The minimum absolute atomic E-state index is 0.0518. The van der Waals surface area contributed by atoms with Crippen LogP contribution in [0.1, 0.15) is 25.7 Å². The Hall–Kier alpha value is -1.91. The number of hydrogen-bond donors (Lipinski definition) is 2. The molecule has 0 atom stereocenters. The Morgan fingerprint density at radius 3 is 2.65 bits per heavy atom. The van der Waals surface area contributed by atoms with E-state index >= 15 is 0 Å². The van der Waals surface area contributed by atoms with Gasteiger partial charge in [0.15, 0.2) is 0 Å². The average molecular weight is 298 g/mol. The molecule has 0 aliphatic heterocycles. The van der Waals surface area contributed by atoms with E-state index in [0.717, 1.165) is 24.6 Å². The van der Waals surface area contributed by atoms with Crippen molar-refractivity contribution in [3.8, 4) is 12.3 Å². The standard InChI is InChI=1S/C13H15FN2O3S/c1-2-3-4-5-6-13(17)16-11-7-10(14)8-12(9-11)20(15,18)19/h1,7-9H,3-6H2,(H,16,17)(H2,15,18,19). The van der Waals surface area contributed by atoms with Crippen LogP contribution in [0.2, 0.25) is 0 Å². The fourth-order valence-electron chi connectivity index (χ4n) is 1.54. The van der Waals surface area contributed by atoms with Crippen LogP contribution in [0.4, 0.5) is 10.1 Å². The van der Waals surface area contributed by atoms with E-state index in [-0.39, 0.29) is 22.9 Å². The maximum Gasteiger partial charge on any atom is 0.238 e. The van der Waals surface area contributed by atoms with Gasteiger partial charge in [-0.05, 0) is 31.0 Å². The summed E-state index contributed by atoms with van der Waals surface area (Å²) in [5.74, 6) is 1.33. The first-order chi connectivity index (χ1) is 9.32. The van der Waals surface area contributed by atoms with E-state index in [0.29, 0.717) is 12.8 Å². The molecule has 0 bridgehead atoms. The second-order valence-corrected chi connectivity index (χ2v) is 5.74. The van der Waals surface area contributed by atoms with Gasteiger partial charge < -0.3 is 5.32 Å². The third-order valence-electron chi connectivity index (χ3n) is 2.46. The fraction of sp³-hybridized carbons (Fsp3) is 0.308. The quantitative estimate of drug-likeness (QED) is 0.617. The molecule has 0 saturated carbocycles. The summed E-state index contributed by atoms with van der Waals surface area (Å²) in [6, 6.07) is 2.92. The lowest BCUT2D eigenvalue weighted by Gasteiger charge is -2.07. The van der Waals surface area contributed by atoms with E-state index < -0.39 is 15.8 Å². The highest BCUT2D eigenvalue weighted by Gasteiger charge is 2.12. The number of carbonyl (C=O) groups excluding carboxylic acids is 1. The molecule has 108 valence electrons. The van der Waals surface area contributed by atoms with Crippen molar-refractivity contribution in [3.05, 3.63) is 24.0 Å². The first-order valence-electron chi connectivity index (χ1n) is 5.89. The third-order valence-corrected chi connectivity index (χ3v) is 3.35. The van der Waals surface area contributed by atoms with E-state index in [4.69, 9.17) is 11.6 Å². The summed E-state index contributed by atoms with van der Waals surface area (Å²) in [5, 5.41) is 7.33. The molecule has 3 N–H and O–H groups in total. The summed E-state index contributed by atoms with van der Waals surface area (Å²) in [6.45, 7) is 0. The fourth-order valence-corrected chi connectivity index (χ4v) is 2.10. The Bertz CT molecular complexity index is 636. The normalized spacial score (nSPS) is 10.8. The zero-order valence-electron chi connectivity index (χ0n) is 10.7. The maximum absolute atomic E-state index is 13.3. The van der Waals surface area contributed by atoms with Gasteiger partial charge in [0, 0.05) is 18.5 Å². The highest BCUT2D eigenvalue weighted by molar-refractivity contribution is 7.89. The number of hydrogen-bond acceptors (Lipinski definition) is 3.